The van der Waals surface area contributed by atoms with Crippen molar-refractivity contribution in [3.63, 3.8) is 0 Å². The molecule has 168 valence electrons. The second-order valence-electron chi connectivity index (χ2n) is 10.2. The molecule has 0 saturated heterocycles. The highest BCUT2D eigenvalue weighted by Gasteiger charge is 2.33. The van der Waals surface area contributed by atoms with E-state index < -0.39 is 5.97 Å². The third kappa shape index (κ3) is 5.02. The summed E-state index contributed by atoms with van der Waals surface area (Å²) >= 11 is 0. The molecule has 4 rings (SSSR count). The Kier molecular flexibility index (Phi) is 5.95. The quantitative estimate of drug-likeness (QED) is 0.602. The minimum absolute atomic E-state index is 0.0435. The van der Waals surface area contributed by atoms with Crippen LogP contribution in [0.3, 0.4) is 0 Å². The van der Waals surface area contributed by atoms with E-state index in [1.807, 2.05) is 16.7 Å². The number of rotatable bonds is 7. The minimum Gasteiger partial charge on any atom is -0.481 e. The standard InChI is InChI=1S/C24H34N4O3/c1-24(2,3)27-22-20(16-11-12-16)26-21-17(10-7-13-28(21)22)23(31)25-18(14-19(29)30)15-8-5-4-6-9-15/h7,10,13,15-16,18,27H,4-6,8-9,11-12,14H2,1-3H3,(H,25,31)(H,29,30). The van der Waals surface area contributed by atoms with Crippen LogP contribution in [0.15, 0.2) is 18.3 Å². The zero-order valence-corrected chi connectivity index (χ0v) is 18.8. The summed E-state index contributed by atoms with van der Waals surface area (Å²) in [5, 5.41) is 16.0. The van der Waals surface area contributed by atoms with E-state index in [0.29, 0.717) is 17.1 Å². The number of aromatic nitrogens is 2. The summed E-state index contributed by atoms with van der Waals surface area (Å²) in [5.41, 5.74) is 2.01. The number of anilines is 1. The third-order valence-electron chi connectivity index (χ3n) is 6.31. The van der Waals surface area contributed by atoms with E-state index in [2.05, 4.69) is 31.4 Å². The molecule has 2 fully saturated rings. The topological polar surface area (TPSA) is 95.7 Å². The van der Waals surface area contributed by atoms with Gasteiger partial charge < -0.3 is 15.7 Å². The number of carbonyl (C=O) groups excluding carboxylic acids is 1. The van der Waals surface area contributed by atoms with Gasteiger partial charge in [-0.25, -0.2) is 4.98 Å². The number of aliphatic carboxylic acids is 1. The van der Waals surface area contributed by atoms with E-state index in [4.69, 9.17) is 4.98 Å². The molecule has 0 bridgehead atoms. The summed E-state index contributed by atoms with van der Waals surface area (Å²) in [5.74, 6) is 0.491. The van der Waals surface area contributed by atoms with Crippen molar-refractivity contribution in [2.24, 2.45) is 5.92 Å². The fourth-order valence-electron chi connectivity index (χ4n) is 4.69. The number of carbonyl (C=O) groups is 2. The van der Waals surface area contributed by atoms with Crippen molar-refractivity contribution in [1.82, 2.24) is 14.7 Å². The van der Waals surface area contributed by atoms with Crippen LogP contribution in [0.1, 0.15) is 94.1 Å². The number of pyridine rings is 1. The molecule has 3 N–H and O–H groups in total. The van der Waals surface area contributed by atoms with Crippen LogP contribution < -0.4 is 10.6 Å². The van der Waals surface area contributed by atoms with Crippen LogP contribution in [0.5, 0.6) is 0 Å². The van der Waals surface area contributed by atoms with Crippen molar-refractivity contribution < 1.29 is 14.7 Å². The molecular weight excluding hydrogens is 392 g/mol. The number of hydrogen-bond acceptors (Lipinski definition) is 4. The SMILES string of the molecule is CC(C)(C)Nc1c(C2CC2)nc2c(C(=O)NC(CC(=O)O)C3CCCCC3)cccn12. The maximum atomic E-state index is 13.3. The highest BCUT2D eigenvalue weighted by Crippen LogP contribution is 2.44. The number of carboxylic acids is 1. The van der Waals surface area contributed by atoms with Gasteiger partial charge in [-0.15, -0.1) is 0 Å². The van der Waals surface area contributed by atoms with Crippen molar-refractivity contribution in [2.75, 3.05) is 5.32 Å². The molecule has 7 nitrogen and oxygen atoms in total. The molecule has 7 heteroatoms. The van der Waals surface area contributed by atoms with Crippen LogP contribution in [-0.4, -0.2) is 37.9 Å². The van der Waals surface area contributed by atoms with Gasteiger partial charge in [-0.3, -0.25) is 14.0 Å². The molecule has 0 aromatic carbocycles. The summed E-state index contributed by atoms with van der Waals surface area (Å²) in [7, 11) is 0. The lowest BCUT2D eigenvalue weighted by Crippen LogP contribution is -2.42. The van der Waals surface area contributed by atoms with E-state index in [-0.39, 0.29) is 29.8 Å². The van der Waals surface area contributed by atoms with Gasteiger partial charge in [0.05, 0.1) is 17.7 Å². The molecule has 1 unspecified atom stereocenters. The Bertz CT molecular complexity index is 965. The summed E-state index contributed by atoms with van der Waals surface area (Å²) < 4.78 is 1.97. The van der Waals surface area contributed by atoms with Gasteiger partial charge in [0.2, 0.25) is 0 Å². The molecule has 1 amide bonds. The molecule has 2 aliphatic rings. The van der Waals surface area contributed by atoms with Crippen molar-refractivity contribution >= 4 is 23.3 Å². The number of imidazole rings is 1. The van der Waals surface area contributed by atoms with Crippen molar-refractivity contribution in [3.05, 3.63) is 29.6 Å². The van der Waals surface area contributed by atoms with E-state index in [1.54, 1.807) is 6.07 Å². The second-order valence-corrected chi connectivity index (χ2v) is 10.2. The van der Waals surface area contributed by atoms with E-state index in [9.17, 15) is 14.7 Å². The Balaban J connectivity index is 1.65. The lowest BCUT2D eigenvalue weighted by molar-refractivity contribution is -0.137. The van der Waals surface area contributed by atoms with E-state index in [0.717, 1.165) is 50.0 Å². The van der Waals surface area contributed by atoms with Crippen molar-refractivity contribution in [1.29, 1.82) is 0 Å². The van der Waals surface area contributed by atoms with Crippen LogP contribution in [0, 0.1) is 5.92 Å². The van der Waals surface area contributed by atoms with Crippen LogP contribution in [-0.2, 0) is 4.79 Å². The zero-order valence-electron chi connectivity index (χ0n) is 18.8. The molecule has 0 aliphatic heterocycles. The fraction of sp³-hybridized carbons (Fsp3) is 0.625. The Morgan fingerprint density at radius 1 is 1.19 bits per heavy atom. The predicted octanol–water partition coefficient (Wildman–Crippen LogP) is 4.58. The first-order valence-corrected chi connectivity index (χ1v) is 11.5. The van der Waals surface area contributed by atoms with Gasteiger partial charge in [-0.05, 0) is 64.5 Å². The molecule has 31 heavy (non-hydrogen) atoms. The molecule has 0 radical (unpaired) electrons. The molecule has 2 aromatic heterocycles. The van der Waals surface area contributed by atoms with Crippen molar-refractivity contribution in [2.45, 2.75) is 89.6 Å². The van der Waals surface area contributed by atoms with Gasteiger partial charge in [-0.2, -0.15) is 0 Å². The number of nitrogens with one attached hydrogen (secondary N) is 2. The molecule has 2 aromatic rings. The summed E-state index contributed by atoms with van der Waals surface area (Å²) in [6.45, 7) is 6.33. The molecule has 2 aliphatic carbocycles. The van der Waals surface area contributed by atoms with Gasteiger partial charge in [-0.1, -0.05) is 19.3 Å². The lowest BCUT2D eigenvalue weighted by atomic mass is 9.82. The number of hydrogen-bond donors (Lipinski definition) is 3. The van der Waals surface area contributed by atoms with Crippen LogP contribution in [0.25, 0.3) is 5.65 Å². The third-order valence-corrected chi connectivity index (χ3v) is 6.31. The normalized spacial score (nSPS) is 18.7. The average molecular weight is 427 g/mol. The van der Waals surface area contributed by atoms with Crippen LogP contribution in [0.2, 0.25) is 0 Å². The van der Waals surface area contributed by atoms with E-state index >= 15 is 0 Å². The van der Waals surface area contributed by atoms with Crippen LogP contribution >= 0.6 is 0 Å². The molecule has 0 spiro atoms. The second kappa shape index (κ2) is 8.52. The first-order chi connectivity index (χ1) is 14.7. The summed E-state index contributed by atoms with van der Waals surface area (Å²) in [6, 6.07) is 3.30. The van der Waals surface area contributed by atoms with Gasteiger partial charge >= 0.3 is 5.97 Å². The average Bonchev–Trinajstić information content (AvgIpc) is 3.49. The Labute approximate surface area is 183 Å². The van der Waals surface area contributed by atoms with Gasteiger partial charge in [0, 0.05) is 23.7 Å². The maximum Gasteiger partial charge on any atom is 0.305 e. The van der Waals surface area contributed by atoms with Crippen molar-refractivity contribution in [3.8, 4) is 0 Å². The fourth-order valence-corrected chi connectivity index (χ4v) is 4.69. The Hall–Kier alpha value is -2.57. The number of fused-ring (bicyclic) bond motifs is 1. The molecule has 2 heterocycles. The Morgan fingerprint density at radius 3 is 2.52 bits per heavy atom. The number of amides is 1. The first-order valence-electron chi connectivity index (χ1n) is 11.5. The Morgan fingerprint density at radius 2 is 1.90 bits per heavy atom. The smallest absolute Gasteiger partial charge is 0.305 e. The monoisotopic (exact) mass is 426 g/mol. The highest BCUT2D eigenvalue weighted by atomic mass is 16.4. The predicted molar refractivity (Wildman–Crippen MR) is 121 cm³/mol. The molecule has 2 saturated carbocycles. The van der Waals surface area contributed by atoms with Gasteiger partial charge in [0.15, 0.2) is 5.65 Å². The largest absolute Gasteiger partial charge is 0.481 e. The lowest BCUT2D eigenvalue weighted by Gasteiger charge is -2.30. The summed E-state index contributed by atoms with van der Waals surface area (Å²) in [6.07, 6.45) is 9.45. The minimum atomic E-state index is -0.873. The number of carboxylic acid groups (broad SMARTS) is 1. The highest BCUT2D eigenvalue weighted by molar-refractivity contribution is 6.00. The zero-order chi connectivity index (χ0) is 22.2. The first kappa shape index (κ1) is 21.7. The van der Waals surface area contributed by atoms with Gasteiger partial charge in [0.1, 0.15) is 5.82 Å². The summed E-state index contributed by atoms with van der Waals surface area (Å²) in [4.78, 5) is 29.7. The van der Waals surface area contributed by atoms with Gasteiger partial charge in [0.25, 0.3) is 5.91 Å². The number of nitrogens with zero attached hydrogens (tertiary/aromatic N) is 2. The molecular formula is C24H34N4O3. The maximum absolute atomic E-state index is 13.3. The van der Waals surface area contributed by atoms with E-state index in [1.165, 1.54) is 6.42 Å². The molecule has 1 atom stereocenters. The van der Waals surface area contributed by atoms with Crippen LogP contribution in [0.4, 0.5) is 5.82 Å².